The quantitative estimate of drug-likeness (QED) is 0.758. The van der Waals surface area contributed by atoms with Gasteiger partial charge in [-0.1, -0.05) is 19.1 Å². The number of aromatic carboxylic acids is 1. The largest absolute Gasteiger partial charge is 0.481 e. The molecular formula is C14H20O5. The van der Waals surface area contributed by atoms with Crippen molar-refractivity contribution < 1.29 is 24.9 Å². The Morgan fingerprint density at radius 2 is 1.79 bits per heavy atom. The van der Waals surface area contributed by atoms with E-state index in [4.69, 9.17) is 20.1 Å². The lowest BCUT2D eigenvalue weighted by Gasteiger charge is -2.10. The molecule has 3 N–H and O–H groups in total. The summed E-state index contributed by atoms with van der Waals surface area (Å²) in [5.74, 6) is -1.71. The monoisotopic (exact) mass is 268 g/mol. The van der Waals surface area contributed by atoms with E-state index >= 15 is 0 Å². The fourth-order valence-corrected chi connectivity index (χ4v) is 1.76. The molecule has 0 atom stereocenters. The molecule has 0 bridgehead atoms. The van der Waals surface area contributed by atoms with Crippen LogP contribution in [0.1, 0.15) is 41.8 Å². The zero-order valence-corrected chi connectivity index (χ0v) is 11.2. The van der Waals surface area contributed by atoms with E-state index < -0.39 is 11.9 Å². The number of rotatable bonds is 5. The van der Waals surface area contributed by atoms with E-state index in [1.54, 1.807) is 12.1 Å². The van der Waals surface area contributed by atoms with Crippen LogP contribution in [0.4, 0.5) is 0 Å². The fourth-order valence-electron chi connectivity index (χ4n) is 1.76. The number of aliphatic carboxylic acids is 1. The molecule has 0 unspecified atom stereocenters. The molecule has 5 heteroatoms. The molecule has 0 fully saturated rings. The maximum atomic E-state index is 11.0. The van der Waals surface area contributed by atoms with Crippen LogP contribution in [0.5, 0.6) is 0 Å². The predicted molar refractivity (Wildman–Crippen MR) is 71.5 cm³/mol. The summed E-state index contributed by atoms with van der Waals surface area (Å²) >= 11 is 0. The third-order valence-corrected chi connectivity index (χ3v) is 2.46. The summed E-state index contributed by atoms with van der Waals surface area (Å²) < 4.78 is 0. The van der Waals surface area contributed by atoms with Crippen molar-refractivity contribution in [2.24, 2.45) is 0 Å². The summed E-state index contributed by atoms with van der Waals surface area (Å²) in [5, 5.41) is 25.2. The lowest BCUT2D eigenvalue weighted by Crippen LogP contribution is -2.05. The lowest BCUT2D eigenvalue weighted by molar-refractivity contribution is -0.134. The van der Waals surface area contributed by atoms with Crippen molar-refractivity contribution in [3.8, 4) is 0 Å². The Balaban J connectivity index is 0.000000711. The zero-order valence-electron chi connectivity index (χ0n) is 11.2. The fraction of sp³-hybridized carbons (Fsp3) is 0.429. The van der Waals surface area contributed by atoms with E-state index in [1.165, 1.54) is 0 Å². The van der Waals surface area contributed by atoms with Crippen LogP contribution in [0.15, 0.2) is 18.2 Å². The predicted octanol–water partition coefficient (Wildman–Crippen LogP) is 1.96. The normalized spacial score (nSPS) is 9.42. The Labute approximate surface area is 112 Å². The van der Waals surface area contributed by atoms with Crippen LogP contribution < -0.4 is 0 Å². The van der Waals surface area contributed by atoms with Crippen molar-refractivity contribution in [1.82, 2.24) is 0 Å². The summed E-state index contributed by atoms with van der Waals surface area (Å²) in [6.07, 6.45) is 2.13. The minimum absolute atomic E-state index is 0.139. The van der Waals surface area contributed by atoms with Crippen LogP contribution in [-0.4, -0.2) is 33.9 Å². The topological polar surface area (TPSA) is 94.8 Å². The zero-order chi connectivity index (χ0) is 14.8. The van der Waals surface area contributed by atoms with Crippen molar-refractivity contribution in [3.63, 3.8) is 0 Å². The molecule has 0 aliphatic heterocycles. The van der Waals surface area contributed by atoms with Gasteiger partial charge in [0.2, 0.25) is 0 Å². The Morgan fingerprint density at radius 3 is 2.21 bits per heavy atom. The van der Waals surface area contributed by atoms with Crippen LogP contribution in [0.2, 0.25) is 0 Å². The molecule has 0 saturated heterocycles. The first-order valence-electron chi connectivity index (χ1n) is 6.08. The molecule has 0 spiro atoms. The summed E-state index contributed by atoms with van der Waals surface area (Å²) in [6, 6.07) is 5.32. The number of carboxylic acid groups (broad SMARTS) is 2. The first-order chi connectivity index (χ1) is 8.93. The standard InChI is InChI=1S/C12H16O3.C2H4O2/c1-2-10-9(6-4-8-13)5-3-7-11(10)12(14)15;1-2(3)4/h3,5,7,13H,2,4,6,8H2,1H3,(H,14,15);1H3,(H,3,4). The van der Waals surface area contributed by atoms with Gasteiger partial charge in [-0.25, -0.2) is 4.79 Å². The Kier molecular flexibility index (Phi) is 8.20. The summed E-state index contributed by atoms with van der Waals surface area (Å²) in [4.78, 5) is 20.0. The van der Waals surface area contributed by atoms with Gasteiger partial charge in [0.25, 0.3) is 5.97 Å². The van der Waals surface area contributed by atoms with Gasteiger partial charge in [0.1, 0.15) is 0 Å². The van der Waals surface area contributed by atoms with E-state index in [2.05, 4.69) is 0 Å². The van der Waals surface area contributed by atoms with Gasteiger partial charge in [-0.2, -0.15) is 0 Å². The summed E-state index contributed by atoms with van der Waals surface area (Å²) in [6.45, 7) is 3.17. The van der Waals surface area contributed by atoms with Gasteiger partial charge in [0, 0.05) is 13.5 Å². The van der Waals surface area contributed by atoms with Crippen molar-refractivity contribution in [2.75, 3.05) is 6.61 Å². The molecule has 19 heavy (non-hydrogen) atoms. The van der Waals surface area contributed by atoms with Crippen LogP contribution in [0.25, 0.3) is 0 Å². The SMILES string of the molecule is CC(=O)O.CCc1c(CCCO)cccc1C(=O)O. The summed E-state index contributed by atoms with van der Waals surface area (Å²) in [7, 11) is 0. The van der Waals surface area contributed by atoms with E-state index in [0.29, 0.717) is 18.4 Å². The second-order valence-electron chi connectivity index (χ2n) is 3.95. The Morgan fingerprint density at radius 1 is 1.21 bits per heavy atom. The van der Waals surface area contributed by atoms with E-state index in [9.17, 15) is 4.79 Å². The molecule has 0 aromatic heterocycles. The number of hydrogen-bond donors (Lipinski definition) is 3. The highest BCUT2D eigenvalue weighted by Gasteiger charge is 2.11. The number of benzene rings is 1. The summed E-state index contributed by atoms with van der Waals surface area (Å²) in [5.41, 5.74) is 2.30. The number of carboxylic acids is 2. The third kappa shape index (κ3) is 6.57. The van der Waals surface area contributed by atoms with E-state index in [-0.39, 0.29) is 6.61 Å². The van der Waals surface area contributed by atoms with Gasteiger partial charge in [-0.3, -0.25) is 4.79 Å². The molecule has 1 aromatic carbocycles. The molecule has 1 aromatic rings. The van der Waals surface area contributed by atoms with Crippen molar-refractivity contribution in [2.45, 2.75) is 33.1 Å². The van der Waals surface area contributed by atoms with Crippen LogP contribution in [0, 0.1) is 0 Å². The van der Waals surface area contributed by atoms with Gasteiger partial charge in [-0.05, 0) is 36.5 Å². The number of aliphatic hydroxyl groups excluding tert-OH is 1. The maximum absolute atomic E-state index is 11.0. The lowest BCUT2D eigenvalue weighted by atomic mass is 9.96. The van der Waals surface area contributed by atoms with E-state index in [1.807, 2.05) is 13.0 Å². The second kappa shape index (κ2) is 9.10. The molecule has 106 valence electrons. The number of aliphatic hydroxyl groups is 1. The molecule has 0 radical (unpaired) electrons. The Hall–Kier alpha value is -1.88. The van der Waals surface area contributed by atoms with Gasteiger partial charge in [-0.15, -0.1) is 0 Å². The first-order valence-corrected chi connectivity index (χ1v) is 6.08. The average molecular weight is 268 g/mol. The van der Waals surface area contributed by atoms with Crippen LogP contribution in [-0.2, 0) is 17.6 Å². The van der Waals surface area contributed by atoms with Gasteiger partial charge >= 0.3 is 5.97 Å². The number of aryl methyl sites for hydroxylation is 1. The smallest absolute Gasteiger partial charge is 0.335 e. The highest BCUT2D eigenvalue weighted by molar-refractivity contribution is 5.89. The third-order valence-electron chi connectivity index (χ3n) is 2.46. The van der Waals surface area contributed by atoms with Crippen LogP contribution >= 0.6 is 0 Å². The minimum Gasteiger partial charge on any atom is -0.481 e. The van der Waals surface area contributed by atoms with Gasteiger partial charge < -0.3 is 15.3 Å². The first kappa shape index (κ1) is 17.1. The van der Waals surface area contributed by atoms with Crippen molar-refractivity contribution in [1.29, 1.82) is 0 Å². The molecule has 1 rings (SSSR count). The Bertz CT molecular complexity index is 422. The highest BCUT2D eigenvalue weighted by Crippen LogP contribution is 2.17. The van der Waals surface area contributed by atoms with Gasteiger partial charge in [0.05, 0.1) is 5.56 Å². The molecular weight excluding hydrogens is 248 g/mol. The van der Waals surface area contributed by atoms with Gasteiger partial charge in [0.15, 0.2) is 0 Å². The molecule has 0 aliphatic rings. The number of hydrogen-bond acceptors (Lipinski definition) is 3. The van der Waals surface area contributed by atoms with Crippen LogP contribution in [0.3, 0.4) is 0 Å². The molecule has 0 heterocycles. The highest BCUT2D eigenvalue weighted by atomic mass is 16.4. The molecule has 5 nitrogen and oxygen atoms in total. The molecule has 0 amide bonds. The van der Waals surface area contributed by atoms with Crippen molar-refractivity contribution >= 4 is 11.9 Å². The molecule has 0 aliphatic carbocycles. The minimum atomic E-state index is -0.877. The molecule has 0 saturated carbocycles. The maximum Gasteiger partial charge on any atom is 0.335 e. The van der Waals surface area contributed by atoms with Crippen molar-refractivity contribution in [3.05, 3.63) is 34.9 Å². The average Bonchev–Trinajstić information content (AvgIpc) is 2.34. The van der Waals surface area contributed by atoms with E-state index in [0.717, 1.165) is 24.5 Å². The second-order valence-corrected chi connectivity index (χ2v) is 3.95. The number of carbonyl (C=O) groups is 2.